The molecule has 1 N–H and O–H groups in total. The summed E-state index contributed by atoms with van der Waals surface area (Å²) in [6.45, 7) is 6.30. The Kier molecular flexibility index (Phi) is 2.30. The fourth-order valence-corrected chi connectivity index (χ4v) is 3.53. The van der Waals surface area contributed by atoms with Gasteiger partial charge in [-0.15, -0.1) is 0 Å². The maximum absolute atomic E-state index is 12.5. The van der Waals surface area contributed by atoms with Crippen molar-refractivity contribution >= 4 is 34.2 Å². The van der Waals surface area contributed by atoms with Crippen LogP contribution in [0.2, 0.25) is 0 Å². The van der Waals surface area contributed by atoms with Gasteiger partial charge < -0.3 is 9.73 Å². The summed E-state index contributed by atoms with van der Waals surface area (Å²) in [6.07, 6.45) is 7.07. The van der Waals surface area contributed by atoms with Gasteiger partial charge in [-0.2, -0.15) is 0 Å². The largest absolute Gasteiger partial charge is 0.423 e. The zero-order valence-corrected chi connectivity index (χ0v) is 12.4. The SMILES string of the molecule is CC1=CC(C)(C)Nc2ccc3c4c(oc(=O)c3c21)=CCC=4. The fourth-order valence-electron chi connectivity index (χ4n) is 3.53. The molecule has 0 fully saturated rings. The Bertz CT molecular complexity index is 991. The first-order chi connectivity index (χ1) is 9.96. The van der Waals surface area contributed by atoms with Gasteiger partial charge in [-0.25, -0.2) is 4.79 Å². The lowest BCUT2D eigenvalue weighted by Crippen LogP contribution is -2.33. The van der Waals surface area contributed by atoms with Crippen molar-refractivity contribution in [2.45, 2.75) is 32.7 Å². The molecule has 0 radical (unpaired) electrons. The zero-order valence-electron chi connectivity index (χ0n) is 12.4. The summed E-state index contributed by atoms with van der Waals surface area (Å²) in [4.78, 5) is 12.5. The smallest absolute Gasteiger partial charge is 0.344 e. The molecule has 0 unspecified atom stereocenters. The Hall–Kier alpha value is -2.29. The minimum atomic E-state index is -0.249. The molecule has 21 heavy (non-hydrogen) atoms. The highest BCUT2D eigenvalue weighted by atomic mass is 16.4. The molecule has 1 aromatic heterocycles. The third-order valence-electron chi connectivity index (χ3n) is 4.22. The summed E-state index contributed by atoms with van der Waals surface area (Å²) < 4.78 is 5.50. The standard InChI is InChI=1S/C18H17NO2/c1-10-9-18(2,3)19-13-8-7-12-11-5-4-6-14(11)21-17(20)16(12)15(10)13/h5-9,19H,4H2,1-3H3. The maximum Gasteiger partial charge on any atom is 0.344 e. The second-order valence-electron chi connectivity index (χ2n) is 6.40. The van der Waals surface area contributed by atoms with Crippen LogP contribution in [-0.2, 0) is 0 Å². The first-order valence-electron chi connectivity index (χ1n) is 7.24. The highest BCUT2D eigenvalue weighted by Gasteiger charge is 2.25. The first-order valence-corrected chi connectivity index (χ1v) is 7.24. The van der Waals surface area contributed by atoms with Gasteiger partial charge in [0, 0.05) is 21.9 Å². The van der Waals surface area contributed by atoms with Crippen LogP contribution in [0, 0.1) is 0 Å². The van der Waals surface area contributed by atoms with Crippen LogP contribution < -0.4 is 21.6 Å². The molecule has 2 heterocycles. The lowest BCUT2D eigenvalue weighted by molar-refractivity contribution is 0.483. The average Bonchev–Trinajstić information content (AvgIpc) is 2.84. The number of anilines is 1. The van der Waals surface area contributed by atoms with Crippen molar-refractivity contribution in [1.82, 2.24) is 0 Å². The van der Waals surface area contributed by atoms with Gasteiger partial charge >= 0.3 is 5.63 Å². The highest BCUT2D eigenvalue weighted by molar-refractivity contribution is 6.00. The van der Waals surface area contributed by atoms with Crippen LogP contribution in [-0.4, -0.2) is 5.54 Å². The van der Waals surface area contributed by atoms with E-state index in [4.69, 9.17) is 4.42 Å². The van der Waals surface area contributed by atoms with E-state index in [1.165, 1.54) is 0 Å². The predicted octanol–water partition coefficient (Wildman–Crippen LogP) is 2.37. The Balaban J connectivity index is 2.21. The lowest BCUT2D eigenvalue weighted by atomic mass is 9.88. The number of benzene rings is 1. The third-order valence-corrected chi connectivity index (χ3v) is 4.22. The molecule has 0 atom stereocenters. The van der Waals surface area contributed by atoms with Crippen LogP contribution in [0.15, 0.2) is 27.4 Å². The van der Waals surface area contributed by atoms with Crippen molar-refractivity contribution in [3.05, 3.63) is 44.8 Å². The van der Waals surface area contributed by atoms with Crippen LogP contribution in [0.5, 0.6) is 0 Å². The summed E-state index contributed by atoms with van der Waals surface area (Å²) in [6, 6.07) is 4.10. The molecule has 4 rings (SSSR count). The molecule has 0 bridgehead atoms. The summed E-state index contributed by atoms with van der Waals surface area (Å²) in [5, 5.41) is 6.20. The van der Waals surface area contributed by atoms with Crippen LogP contribution in [0.25, 0.3) is 28.5 Å². The molecule has 1 aliphatic carbocycles. The zero-order chi connectivity index (χ0) is 14.8. The summed E-state index contributed by atoms with van der Waals surface area (Å²) >= 11 is 0. The van der Waals surface area contributed by atoms with E-state index in [0.29, 0.717) is 10.8 Å². The van der Waals surface area contributed by atoms with E-state index in [-0.39, 0.29) is 11.2 Å². The molecule has 3 heteroatoms. The van der Waals surface area contributed by atoms with Crippen LogP contribution >= 0.6 is 0 Å². The summed E-state index contributed by atoms with van der Waals surface area (Å²) in [7, 11) is 0. The van der Waals surface area contributed by atoms with Crippen molar-refractivity contribution in [2.24, 2.45) is 0 Å². The van der Waals surface area contributed by atoms with Crippen LogP contribution in [0.4, 0.5) is 5.69 Å². The maximum atomic E-state index is 12.5. The Morgan fingerprint density at radius 1 is 1.24 bits per heavy atom. The molecule has 1 aliphatic heterocycles. The van der Waals surface area contributed by atoms with E-state index in [2.05, 4.69) is 44.3 Å². The van der Waals surface area contributed by atoms with Gasteiger partial charge in [-0.3, -0.25) is 0 Å². The van der Waals surface area contributed by atoms with Gasteiger partial charge in [0.25, 0.3) is 0 Å². The van der Waals surface area contributed by atoms with Crippen molar-refractivity contribution in [3.8, 4) is 0 Å². The molecule has 0 saturated heterocycles. The Labute approximate surface area is 122 Å². The number of rotatable bonds is 0. The average molecular weight is 279 g/mol. The minimum Gasteiger partial charge on any atom is -0.423 e. The Morgan fingerprint density at radius 2 is 2.05 bits per heavy atom. The molecule has 0 amide bonds. The predicted molar refractivity (Wildman–Crippen MR) is 86.6 cm³/mol. The highest BCUT2D eigenvalue weighted by Crippen LogP contribution is 2.36. The van der Waals surface area contributed by atoms with E-state index in [1.54, 1.807) is 0 Å². The van der Waals surface area contributed by atoms with Crippen molar-refractivity contribution in [2.75, 3.05) is 5.32 Å². The van der Waals surface area contributed by atoms with Crippen LogP contribution in [0.1, 0.15) is 32.8 Å². The van der Waals surface area contributed by atoms with E-state index in [0.717, 1.165) is 33.8 Å². The van der Waals surface area contributed by atoms with Gasteiger partial charge in [-0.05, 0) is 44.9 Å². The van der Waals surface area contributed by atoms with Crippen molar-refractivity contribution in [3.63, 3.8) is 0 Å². The molecule has 0 saturated carbocycles. The van der Waals surface area contributed by atoms with Gasteiger partial charge in [0.05, 0.1) is 10.9 Å². The van der Waals surface area contributed by atoms with Gasteiger partial charge in [0.15, 0.2) is 0 Å². The first kappa shape index (κ1) is 12.5. The number of hydrogen-bond acceptors (Lipinski definition) is 3. The molecule has 2 aliphatic rings. The van der Waals surface area contributed by atoms with E-state index in [9.17, 15) is 4.79 Å². The topological polar surface area (TPSA) is 42.2 Å². The van der Waals surface area contributed by atoms with E-state index >= 15 is 0 Å². The molecule has 3 nitrogen and oxygen atoms in total. The number of hydrogen-bond donors (Lipinski definition) is 1. The van der Waals surface area contributed by atoms with Gasteiger partial charge in [0.1, 0.15) is 5.42 Å². The molecule has 0 spiro atoms. The fraction of sp³-hybridized carbons (Fsp3) is 0.278. The number of fused-ring (bicyclic) bond motifs is 5. The summed E-state index contributed by atoms with van der Waals surface area (Å²) in [5.41, 5.74) is 3.44. The Morgan fingerprint density at radius 3 is 2.86 bits per heavy atom. The van der Waals surface area contributed by atoms with Crippen molar-refractivity contribution < 1.29 is 4.42 Å². The quantitative estimate of drug-likeness (QED) is 0.805. The monoisotopic (exact) mass is 279 g/mol. The lowest BCUT2D eigenvalue weighted by Gasteiger charge is -2.31. The summed E-state index contributed by atoms with van der Waals surface area (Å²) in [5.74, 6) is 0. The van der Waals surface area contributed by atoms with E-state index < -0.39 is 0 Å². The van der Waals surface area contributed by atoms with Crippen molar-refractivity contribution in [1.29, 1.82) is 0 Å². The number of nitrogens with one attached hydrogen (secondary N) is 1. The molecular formula is C18H17NO2. The second kappa shape index (κ2) is 3.88. The van der Waals surface area contributed by atoms with Gasteiger partial charge in [0.2, 0.25) is 0 Å². The molecule has 2 aromatic rings. The van der Waals surface area contributed by atoms with Gasteiger partial charge in [-0.1, -0.05) is 18.2 Å². The second-order valence-corrected chi connectivity index (χ2v) is 6.40. The molecular weight excluding hydrogens is 262 g/mol. The molecule has 106 valence electrons. The van der Waals surface area contributed by atoms with E-state index in [1.807, 2.05) is 12.1 Å². The minimum absolute atomic E-state index is 0.110. The number of allylic oxidation sites excluding steroid dienone is 1. The van der Waals surface area contributed by atoms with Crippen LogP contribution in [0.3, 0.4) is 0 Å². The third kappa shape index (κ3) is 1.70. The normalized spacial score (nSPS) is 18.1. The molecule has 1 aromatic carbocycles.